The third kappa shape index (κ3) is 5.34. The summed E-state index contributed by atoms with van der Waals surface area (Å²) in [5, 5.41) is 14.1. The number of para-hydroxylation sites is 1. The molecule has 3 aromatic rings. The van der Waals surface area contributed by atoms with Crippen molar-refractivity contribution in [2.45, 2.75) is 55.6 Å². The molecular formula is C28H34Cl2F2N4O. The Labute approximate surface area is 226 Å². The quantitative estimate of drug-likeness (QED) is 0.293. The molecule has 1 fully saturated rings. The molecule has 200 valence electrons. The van der Waals surface area contributed by atoms with Crippen LogP contribution in [0.5, 0.6) is 0 Å². The van der Waals surface area contributed by atoms with Gasteiger partial charge in [0.05, 0.1) is 18.7 Å². The normalized spacial score (nSPS) is 21.3. The van der Waals surface area contributed by atoms with Gasteiger partial charge in [0.2, 0.25) is 0 Å². The Balaban J connectivity index is 1.50. The number of hydrogen-bond acceptors (Lipinski definition) is 4. The molecule has 0 spiro atoms. The Hall–Kier alpha value is -1.90. The molecule has 3 heterocycles. The van der Waals surface area contributed by atoms with Crippen molar-refractivity contribution in [2.24, 2.45) is 0 Å². The van der Waals surface area contributed by atoms with Gasteiger partial charge in [0.15, 0.2) is 4.33 Å². The summed E-state index contributed by atoms with van der Waals surface area (Å²) in [6, 6.07) is 9.91. The zero-order valence-corrected chi connectivity index (χ0v) is 22.7. The number of hydrogen-bond donors (Lipinski definition) is 3. The number of aliphatic hydroxyl groups is 1. The second-order valence-electron chi connectivity index (χ2n) is 10.5. The van der Waals surface area contributed by atoms with E-state index in [1.165, 1.54) is 12.1 Å². The first-order chi connectivity index (χ1) is 17.7. The van der Waals surface area contributed by atoms with Crippen LogP contribution in [0.2, 0.25) is 0 Å². The molecule has 0 unspecified atom stereocenters. The van der Waals surface area contributed by atoms with E-state index in [2.05, 4.69) is 22.1 Å². The third-order valence-corrected chi connectivity index (χ3v) is 8.15. The zero-order chi connectivity index (χ0) is 26.3. The lowest BCUT2D eigenvalue weighted by atomic mass is 9.87. The molecule has 5 nitrogen and oxygen atoms in total. The molecule has 2 aliphatic rings. The van der Waals surface area contributed by atoms with Crippen LogP contribution in [0.1, 0.15) is 49.6 Å². The molecule has 0 amide bonds. The number of H-pyrrole nitrogens is 1. The van der Waals surface area contributed by atoms with Crippen molar-refractivity contribution in [1.82, 2.24) is 14.8 Å². The lowest BCUT2D eigenvalue weighted by Gasteiger charge is -2.43. The monoisotopic (exact) mass is 550 g/mol. The predicted octanol–water partition coefficient (Wildman–Crippen LogP) is 5.84. The van der Waals surface area contributed by atoms with E-state index >= 15 is 8.78 Å². The molecule has 0 radical (unpaired) electrons. The average molecular weight is 552 g/mol. The van der Waals surface area contributed by atoms with Gasteiger partial charge < -0.3 is 15.4 Å². The summed E-state index contributed by atoms with van der Waals surface area (Å²) in [6.07, 6.45) is 2.96. The fourth-order valence-corrected chi connectivity index (χ4v) is 6.05. The molecule has 5 rings (SSSR count). The first kappa shape index (κ1) is 26.7. The minimum atomic E-state index is -1.47. The van der Waals surface area contributed by atoms with Crippen LogP contribution < -0.4 is 5.32 Å². The number of aromatic nitrogens is 1. The Bertz CT molecular complexity index is 1240. The highest BCUT2D eigenvalue weighted by molar-refractivity contribution is 6.48. The molecule has 2 aliphatic heterocycles. The first-order valence-corrected chi connectivity index (χ1v) is 13.8. The molecule has 1 saturated heterocycles. The second-order valence-corrected chi connectivity index (χ2v) is 12.2. The highest BCUT2D eigenvalue weighted by atomic mass is 35.5. The van der Waals surface area contributed by atoms with Crippen LogP contribution in [0.3, 0.4) is 0 Å². The number of likely N-dealkylation sites (tertiary alicyclic amines) is 1. The number of halogens is 4. The van der Waals surface area contributed by atoms with Crippen LogP contribution in [-0.2, 0) is 6.42 Å². The Kier molecular flexibility index (Phi) is 7.72. The van der Waals surface area contributed by atoms with Crippen LogP contribution in [-0.4, -0.2) is 69.1 Å². The highest BCUT2D eigenvalue weighted by Crippen LogP contribution is 2.44. The van der Waals surface area contributed by atoms with E-state index in [0.717, 1.165) is 54.6 Å². The zero-order valence-electron chi connectivity index (χ0n) is 21.2. The van der Waals surface area contributed by atoms with Gasteiger partial charge in [-0.3, -0.25) is 9.80 Å². The number of unbranched alkanes of at least 4 members (excludes halogenated alkanes) is 1. The molecule has 0 aliphatic carbocycles. The molecule has 2 aromatic carbocycles. The molecule has 2 atom stereocenters. The van der Waals surface area contributed by atoms with Gasteiger partial charge in [-0.25, -0.2) is 8.78 Å². The van der Waals surface area contributed by atoms with Crippen LogP contribution in [0.25, 0.3) is 10.9 Å². The number of alkyl halides is 2. The van der Waals surface area contributed by atoms with Crippen molar-refractivity contribution < 1.29 is 13.9 Å². The van der Waals surface area contributed by atoms with Crippen molar-refractivity contribution in [1.29, 1.82) is 0 Å². The highest BCUT2D eigenvalue weighted by Gasteiger charge is 2.42. The molecule has 37 heavy (non-hydrogen) atoms. The Morgan fingerprint density at radius 1 is 1.16 bits per heavy atom. The lowest BCUT2D eigenvalue weighted by molar-refractivity contribution is 0.124. The van der Waals surface area contributed by atoms with E-state index in [9.17, 15) is 5.11 Å². The van der Waals surface area contributed by atoms with E-state index in [-0.39, 0.29) is 24.2 Å². The van der Waals surface area contributed by atoms with E-state index in [1.807, 2.05) is 36.1 Å². The minimum Gasteiger partial charge on any atom is -0.393 e. The number of benzene rings is 2. The van der Waals surface area contributed by atoms with E-state index in [0.29, 0.717) is 12.1 Å². The van der Waals surface area contributed by atoms with Gasteiger partial charge in [0.25, 0.3) is 0 Å². The standard InChI is InChI=1S/C28H34Cl2F2N4O/c1-3-4-9-35-13-19(14-35)33-18-11-22(31)25(23(32)12-18)27-26-21(20-7-5-6-8-24(20)34-26)10-17(2)36(27)15-28(29,30)16-37/h5-8,11-12,17,19,27,33-34,37H,3-4,9-10,13-16H2,1-2H3/t17-,27-/m1/s1. The molecule has 3 N–H and O–H groups in total. The van der Waals surface area contributed by atoms with E-state index in [1.54, 1.807) is 0 Å². The van der Waals surface area contributed by atoms with Gasteiger partial charge in [-0.15, -0.1) is 0 Å². The molecule has 0 bridgehead atoms. The van der Waals surface area contributed by atoms with Gasteiger partial charge in [0, 0.05) is 53.5 Å². The average Bonchev–Trinajstić information content (AvgIpc) is 3.19. The van der Waals surface area contributed by atoms with E-state index < -0.39 is 28.6 Å². The lowest BCUT2D eigenvalue weighted by Crippen LogP contribution is -2.54. The summed E-state index contributed by atoms with van der Waals surface area (Å²) in [7, 11) is 0. The summed E-state index contributed by atoms with van der Waals surface area (Å²) in [5.41, 5.74) is 3.06. The molecular weight excluding hydrogens is 517 g/mol. The number of nitrogens with zero attached hydrogens (tertiary/aromatic N) is 2. The number of nitrogens with one attached hydrogen (secondary N) is 2. The largest absolute Gasteiger partial charge is 0.393 e. The molecule has 1 aromatic heterocycles. The fraction of sp³-hybridized carbons (Fsp3) is 0.500. The number of aromatic amines is 1. The smallest absolute Gasteiger partial charge is 0.153 e. The van der Waals surface area contributed by atoms with Crippen molar-refractivity contribution >= 4 is 39.8 Å². The second kappa shape index (κ2) is 10.7. The maximum Gasteiger partial charge on any atom is 0.153 e. The Morgan fingerprint density at radius 2 is 1.86 bits per heavy atom. The number of anilines is 1. The summed E-state index contributed by atoms with van der Waals surface area (Å²) in [6.45, 7) is 6.51. The van der Waals surface area contributed by atoms with Crippen molar-refractivity contribution in [2.75, 3.05) is 38.1 Å². The van der Waals surface area contributed by atoms with Gasteiger partial charge in [-0.1, -0.05) is 54.7 Å². The van der Waals surface area contributed by atoms with Crippen LogP contribution >= 0.6 is 23.2 Å². The van der Waals surface area contributed by atoms with Gasteiger partial charge in [-0.05, 0) is 50.1 Å². The number of fused-ring (bicyclic) bond motifs is 3. The van der Waals surface area contributed by atoms with Crippen molar-refractivity contribution in [3.05, 3.63) is 64.9 Å². The van der Waals surface area contributed by atoms with Gasteiger partial charge in [-0.2, -0.15) is 0 Å². The third-order valence-electron chi connectivity index (χ3n) is 7.67. The van der Waals surface area contributed by atoms with Crippen molar-refractivity contribution in [3.8, 4) is 0 Å². The summed E-state index contributed by atoms with van der Waals surface area (Å²) in [4.78, 5) is 7.64. The fourth-order valence-electron chi connectivity index (χ4n) is 5.77. The van der Waals surface area contributed by atoms with E-state index in [4.69, 9.17) is 23.2 Å². The number of aliphatic hydroxyl groups excluding tert-OH is 1. The first-order valence-electron chi connectivity index (χ1n) is 13.0. The van der Waals surface area contributed by atoms with Crippen LogP contribution in [0.15, 0.2) is 36.4 Å². The topological polar surface area (TPSA) is 54.5 Å². The van der Waals surface area contributed by atoms with Crippen LogP contribution in [0.4, 0.5) is 14.5 Å². The minimum absolute atomic E-state index is 0.0435. The number of rotatable bonds is 9. The molecule has 0 saturated carbocycles. The van der Waals surface area contributed by atoms with Crippen LogP contribution in [0, 0.1) is 11.6 Å². The van der Waals surface area contributed by atoms with Crippen molar-refractivity contribution in [3.63, 3.8) is 0 Å². The maximum absolute atomic E-state index is 15.8. The predicted molar refractivity (Wildman–Crippen MR) is 147 cm³/mol. The maximum atomic E-state index is 15.8. The van der Waals surface area contributed by atoms with Gasteiger partial charge >= 0.3 is 0 Å². The summed E-state index contributed by atoms with van der Waals surface area (Å²) in [5.74, 6) is -1.26. The SMILES string of the molecule is CCCCN1CC(Nc2cc(F)c([C@@H]3c4[nH]c5ccccc5c4C[C@@H](C)N3CC(Cl)(Cl)CO)c(F)c2)C1. The summed E-state index contributed by atoms with van der Waals surface area (Å²) >= 11 is 12.7. The summed E-state index contributed by atoms with van der Waals surface area (Å²) < 4.78 is 30.2. The Morgan fingerprint density at radius 3 is 2.54 bits per heavy atom. The molecule has 9 heteroatoms. The van der Waals surface area contributed by atoms with Gasteiger partial charge in [0.1, 0.15) is 11.6 Å².